The topological polar surface area (TPSA) is 100 Å². The van der Waals surface area contributed by atoms with Crippen molar-refractivity contribution in [2.45, 2.75) is 13.2 Å². The lowest BCUT2D eigenvalue weighted by Crippen LogP contribution is -2.24. The standard InChI is InChI=1S/C26H21Cl2FN4O2/c27-17-5-8-22(16(11-17)13-29)32-18-6-10-24(34)20(12-18)23-9-7-19(25(30)33-23)26(35)31-14-15-3-1-2-4-21(15)28/h1-12,32,34H,13-14H2,(H2,30,33)(H,31,35). The molecule has 4 rings (SSSR count). The summed E-state index contributed by atoms with van der Waals surface area (Å²) in [4.78, 5) is 16.9. The van der Waals surface area contributed by atoms with Crippen molar-refractivity contribution < 1.29 is 14.3 Å². The van der Waals surface area contributed by atoms with Gasteiger partial charge in [-0.2, -0.15) is 0 Å². The highest BCUT2D eigenvalue weighted by Crippen LogP contribution is 2.33. The lowest BCUT2D eigenvalue weighted by molar-refractivity contribution is 0.0951. The summed E-state index contributed by atoms with van der Waals surface area (Å²) in [5.74, 6) is -0.419. The van der Waals surface area contributed by atoms with Crippen LogP contribution in [0.3, 0.4) is 0 Å². The molecule has 1 amide bonds. The maximum absolute atomic E-state index is 13.4. The van der Waals surface area contributed by atoms with Crippen LogP contribution in [0, 0.1) is 0 Å². The van der Waals surface area contributed by atoms with Crippen LogP contribution in [0.2, 0.25) is 10.0 Å². The number of anilines is 3. The Hall–Kier alpha value is -3.81. The first-order chi connectivity index (χ1) is 16.9. The molecule has 0 atom stereocenters. The van der Waals surface area contributed by atoms with Crippen LogP contribution >= 0.6 is 23.2 Å². The number of hydrogen-bond donors (Lipinski definition) is 4. The molecule has 0 saturated carbocycles. The molecule has 0 fully saturated rings. The third-order valence-corrected chi connectivity index (χ3v) is 5.93. The Labute approximate surface area is 211 Å². The van der Waals surface area contributed by atoms with Gasteiger partial charge in [0.25, 0.3) is 5.91 Å². The van der Waals surface area contributed by atoms with Crippen LogP contribution in [-0.2, 0) is 13.2 Å². The molecule has 0 unspecified atom stereocenters. The zero-order chi connectivity index (χ0) is 24.9. The zero-order valence-electron chi connectivity index (χ0n) is 18.4. The molecule has 1 aromatic heterocycles. The van der Waals surface area contributed by atoms with E-state index < -0.39 is 12.6 Å². The third kappa shape index (κ3) is 5.65. The number of halogens is 3. The van der Waals surface area contributed by atoms with Crippen molar-refractivity contribution >= 4 is 46.3 Å². The number of amides is 1. The van der Waals surface area contributed by atoms with Gasteiger partial charge in [0, 0.05) is 39.1 Å². The number of nitrogens with two attached hydrogens (primary N) is 1. The minimum atomic E-state index is -0.689. The molecule has 0 saturated heterocycles. The minimum absolute atomic E-state index is 0.00865. The van der Waals surface area contributed by atoms with Crippen LogP contribution in [0.1, 0.15) is 21.5 Å². The molecule has 35 heavy (non-hydrogen) atoms. The number of aromatic nitrogens is 1. The molecule has 9 heteroatoms. The number of alkyl halides is 1. The molecule has 0 bridgehead atoms. The number of pyridine rings is 1. The number of aromatic hydroxyl groups is 1. The molecule has 0 radical (unpaired) electrons. The van der Waals surface area contributed by atoms with E-state index in [9.17, 15) is 14.3 Å². The van der Waals surface area contributed by atoms with Crippen LogP contribution in [0.4, 0.5) is 21.6 Å². The van der Waals surface area contributed by atoms with Crippen LogP contribution in [0.15, 0.2) is 72.8 Å². The Kier molecular flexibility index (Phi) is 7.39. The Balaban J connectivity index is 1.55. The maximum atomic E-state index is 13.4. The number of phenolic OH excluding ortho intramolecular Hbond substituents is 1. The van der Waals surface area contributed by atoms with E-state index in [0.717, 1.165) is 5.56 Å². The van der Waals surface area contributed by atoms with Crippen molar-refractivity contribution in [3.05, 3.63) is 99.5 Å². The lowest BCUT2D eigenvalue weighted by Gasteiger charge is -2.13. The van der Waals surface area contributed by atoms with Crippen LogP contribution < -0.4 is 16.4 Å². The van der Waals surface area contributed by atoms with Gasteiger partial charge in [0.05, 0.1) is 11.3 Å². The molecule has 0 aliphatic rings. The van der Waals surface area contributed by atoms with Gasteiger partial charge in [-0.05, 0) is 60.2 Å². The third-order valence-electron chi connectivity index (χ3n) is 5.33. The first kappa shape index (κ1) is 24.3. The van der Waals surface area contributed by atoms with Gasteiger partial charge in [0.2, 0.25) is 0 Å². The number of rotatable bonds is 7. The molecule has 4 aromatic rings. The Morgan fingerprint density at radius 1 is 1.00 bits per heavy atom. The van der Waals surface area contributed by atoms with E-state index >= 15 is 0 Å². The number of phenols is 1. The van der Waals surface area contributed by atoms with Crippen molar-refractivity contribution in [2.24, 2.45) is 0 Å². The molecule has 178 valence electrons. The second kappa shape index (κ2) is 10.6. The van der Waals surface area contributed by atoms with E-state index in [1.54, 1.807) is 48.5 Å². The van der Waals surface area contributed by atoms with E-state index in [-0.39, 0.29) is 23.7 Å². The van der Waals surface area contributed by atoms with E-state index in [4.69, 9.17) is 28.9 Å². The van der Waals surface area contributed by atoms with Crippen molar-refractivity contribution in [2.75, 3.05) is 11.1 Å². The first-order valence-electron chi connectivity index (χ1n) is 10.6. The molecule has 6 nitrogen and oxygen atoms in total. The molecule has 0 spiro atoms. The van der Waals surface area contributed by atoms with E-state index in [1.807, 2.05) is 18.2 Å². The van der Waals surface area contributed by atoms with E-state index in [2.05, 4.69) is 15.6 Å². The summed E-state index contributed by atoms with van der Waals surface area (Å²) in [5, 5.41) is 17.3. The summed E-state index contributed by atoms with van der Waals surface area (Å²) in [6.45, 7) is -0.453. The summed E-state index contributed by atoms with van der Waals surface area (Å²) in [5.41, 5.74) is 9.35. The van der Waals surface area contributed by atoms with Crippen molar-refractivity contribution in [3.8, 4) is 17.0 Å². The van der Waals surface area contributed by atoms with Gasteiger partial charge in [-0.25, -0.2) is 9.37 Å². The number of carbonyl (C=O) groups is 1. The van der Waals surface area contributed by atoms with Gasteiger partial charge in [0.1, 0.15) is 18.2 Å². The van der Waals surface area contributed by atoms with Gasteiger partial charge < -0.3 is 21.5 Å². The number of nitrogens with one attached hydrogen (secondary N) is 2. The summed E-state index contributed by atoms with van der Waals surface area (Å²) in [6, 6.07) is 20.0. The highest BCUT2D eigenvalue weighted by Gasteiger charge is 2.15. The Morgan fingerprint density at radius 2 is 1.80 bits per heavy atom. The van der Waals surface area contributed by atoms with Gasteiger partial charge >= 0.3 is 0 Å². The SMILES string of the molecule is Nc1nc(-c2cc(Nc3ccc(Cl)cc3CF)ccc2O)ccc1C(=O)NCc1ccccc1Cl. The molecule has 0 aliphatic heterocycles. The maximum Gasteiger partial charge on any atom is 0.255 e. The average molecular weight is 511 g/mol. The molecule has 1 heterocycles. The zero-order valence-corrected chi connectivity index (χ0v) is 19.9. The largest absolute Gasteiger partial charge is 0.507 e. The van der Waals surface area contributed by atoms with E-state index in [0.29, 0.717) is 38.2 Å². The summed E-state index contributed by atoms with van der Waals surface area (Å²) in [7, 11) is 0. The predicted molar refractivity (Wildman–Crippen MR) is 138 cm³/mol. The van der Waals surface area contributed by atoms with Gasteiger partial charge in [0.15, 0.2) is 0 Å². The number of benzene rings is 3. The fourth-order valence-corrected chi connectivity index (χ4v) is 3.90. The molecule has 5 N–H and O–H groups in total. The normalized spacial score (nSPS) is 10.7. The molecule has 0 aliphatic carbocycles. The van der Waals surface area contributed by atoms with Crippen molar-refractivity contribution in [1.29, 1.82) is 0 Å². The van der Waals surface area contributed by atoms with Gasteiger partial charge in [-0.15, -0.1) is 0 Å². The van der Waals surface area contributed by atoms with Crippen LogP contribution in [-0.4, -0.2) is 16.0 Å². The van der Waals surface area contributed by atoms with Gasteiger partial charge in [-0.1, -0.05) is 41.4 Å². The monoisotopic (exact) mass is 510 g/mol. The summed E-state index contributed by atoms with van der Waals surface area (Å²) in [6.07, 6.45) is 0. The Bertz CT molecular complexity index is 1400. The number of nitrogens with zero attached hydrogens (tertiary/aromatic N) is 1. The number of carbonyl (C=O) groups excluding carboxylic acids is 1. The van der Waals surface area contributed by atoms with Crippen molar-refractivity contribution in [1.82, 2.24) is 10.3 Å². The fourth-order valence-electron chi connectivity index (χ4n) is 3.50. The number of nitrogen functional groups attached to an aromatic ring is 1. The smallest absolute Gasteiger partial charge is 0.255 e. The highest BCUT2D eigenvalue weighted by molar-refractivity contribution is 6.31. The summed E-state index contributed by atoms with van der Waals surface area (Å²) >= 11 is 12.1. The first-order valence-corrected chi connectivity index (χ1v) is 11.3. The number of hydrogen-bond acceptors (Lipinski definition) is 5. The molecular weight excluding hydrogens is 490 g/mol. The highest BCUT2D eigenvalue weighted by atomic mass is 35.5. The molecule has 3 aromatic carbocycles. The fraction of sp³-hybridized carbons (Fsp3) is 0.0769. The molecular formula is C26H21Cl2FN4O2. The Morgan fingerprint density at radius 3 is 2.54 bits per heavy atom. The van der Waals surface area contributed by atoms with Crippen LogP contribution in [0.25, 0.3) is 11.3 Å². The second-order valence-corrected chi connectivity index (χ2v) is 8.54. The average Bonchev–Trinajstić information content (AvgIpc) is 2.85. The van der Waals surface area contributed by atoms with E-state index in [1.165, 1.54) is 6.07 Å². The lowest BCUT2D eigenvalue weighted by atomic mass is 10.1. The van der Waals surface area contributed by atoms with Gasteiger partial charge in [-0.3, -0.25) is 4.79 Å². The van der Waals surface area contributed by atoms with Crippen molar-refractivity contribution in [3.63, 3.8) is 0 Å². The second-order valence-electron chi connectivity index (χ2n) is 7.70. The predicted octanol–water partition coefficient (Wildman–Crippen LogP) is 6.49. The summed E-state index contributed by atoms with van der Waals surface area (Å²) < 4.78 is 13.4. The van der Waals surface area contributed by atoms with Crippen LogP contribution in [0.5, 0.6) is 5.75 Å². The quantitative estimate of drug-likeness (QED) is 0.213. The minimum Gasteiger partial charge on any atom is -0.507 e.